The Hall–Kier alpha value is -0.480. The molecule has 0 bridgehead atoms. The lowest BCUT2D eigenvalue weighted by atomic mass is 10.1. The van der Waals surface area contributed by atoms with Crippen molar-refractivity contribution in [2.75, 3.05) is 11.9 Å². The summed E-state index contributed by atoms with van der Waals surface area (Å²) in [7, 11) is 0. The van der Waals surface area contributed by atoms with Gasteiger partial charge in [0.2, 0.25) is 0 Å². The normalized spacial score (nSPS) is 10.1. The molecule has 0 saturated heterocycles. The van der Waals surface area contributed by atoms with Crippen molar-refractivity contribution < 1.29 is 9.53 Å². The number of carbonyl (C=O) groups is 1. The van der Waals surface area contributed by atoms with Gasteiger partial charge >= 0.3 is 0 Å². The van der Waals surface area contributed by atoms with Crippen LogP contribution in [0.3, 0.4) is 0 Å². The quantitative estimate of drug-likeness (QED) is 0.389. The van der Waals surface area contributed by atoms with E-state index in [0.717, 1.165) is 17.5 Å². The minimum atomic E-state index is 0.0392. The van der Waals surface area contributed by atoms with Gasteiger partial charge in [0.05, 0.1) is 6.61 Å². The van der Waals surface area contributed by atoms with E-state index in [1.165, 1.54) is 6.92 Å². The molecule has 0 aromatic heterocycles. The van der Waals surface area contributed by atoms with Crippen LogP contribution < -0.4 is 4.74 Å². The molecule has 0 saturated carbocycles. The van der Waals surface area contributed by atoms with Crippen LogP contribution in [0, 0.1) is 0 Å². The molecule has 0 aliphatic rings. The first-order valence-electron chi connectivity index (χ1n) is 4.68. The molecule has 0 aliphatic carbocycles. The van der Waals surface area contributed by atoms with E-state index in [9.17, 15) is 4.79 Å². The van der Waals surface area contributed by atoms with Crippen LogP contribution in [-0.4, -0.2) is 17.7 Å². The maximum absolute atomic E-state index is 11.1. The number of thiol groups is 1. The second-order valence-electron chi connectivity index (χ2n) is 3.13. The molecule has 82 valence electrons. The van der Waals surface area contributed by atoms with Gasteiger partial charge in [0, 0.05) is 15.8 Å². The second-order valence-corrected chi connectivity index (χ2v) is 4.40. The number of carbonyl (C=O) groups excluding carboxylic acids is 1. The first kappa shape index (κ1) is 12.6. The summed E-state index contributed by atoms with van der Waals surface area (Å²) < 4.78 is 5.49. The summed E-state index contributed by atoms with van der Waals surface area (Å²) in [6, 6.07) is 5.27. The zero-order chi connectivity index (χ0) is 11.3. The van der Waals surface area contributed by atoms with Gasteiger partial charge in [0.25, 0.3) is 0 Å². The van der Waals surface area contributed by atoms with Crippen molar-refractivity contribution in [3.05, 3.63) is 23.8 Å². The van der Waals surface area contributed by atoms with E-state index in [0.29, 0.717) is 17.1 Å². The monoisotopic (exact) mass is 288 g/mol. The van der Waals surface area contributed by atoms with Gasteiger partial charge in [-0.05, 0) is 31.5 Å². The van der Waals surface area contributed by atoms with Crippen molar-refractivity contribution >= 4 is 34.3 Å². The fourth-order valence-corrected chi connectivity index (χ4v) is 1.60. The van der Waals surface area contributed by atoms with Crippen LogP contribution in [0.15, 0.2) is 23.1 Å². The average molecular weight is 289 g/mol. The van der Waals surface area contributed by atoms with Gasteiger partial charge in [-0.15, -0.1) is 12.6 Å². The third-order valence-electron chi connectivity index (χ3n) is 1.90. The van der Waals surface area contributed by atoms with E-state index in [-0.39, 0.29) is 5.78 Å². The maximum atomic E-state index is 11.1. The van der Waals surface area contributed by atoms with Crippen molar-refractivity contribution in [2.45, 2.75) is 18.2 Å². The molecular formula is C11H13BrO2S. The van der Waals surface area contributed by atoms with E-state index < -0.39 is 0 Å². The van der Waals surface area contributed by atoms with Crippen LogP contribution in [0.2, 0.25) is 0 Å². The van der Waals surface area contributed by atoms with Crippen LogP contribution in [0.4, 0.5) is 0 Å². The summed E-state index contributed by atoms with van der Waals surface area (Å²) in [6.45, 7) is 2.19. The highest BCUT2D eigenvalue weighted by molar-refractivity contribution is 9.09. The molecule has 0 fully saturated rings. The number of Topliss-reactive ketones (excluding diaryl/α,β-unsaturated/α-hetero) is 1. The molecule has 0 amide bonds. The number of ether oxygens (including phenoxy) is 1. The molecule has 1 rings (SSSR count). The fourth-order valence-electron chi connectivity index (χ4n) is 1.10. The van der Waals surface area contributed by atoms with Gasteiger partial charge in [-0.1, -0.05) is 15.9 Å². The zero-order valence-electron chi connectivity index (χ0n) is 8.50. The Balaban J connectivity index is 2.70. The molecule has 0 N–H and O–H groups in total. The van der Waals surface area contributed by atoms with Crippen LogP contribution >= 0.6 is 28.6 Å². The molecule has 0 spiro atoms. The largest absolute Gasteiger partial charge is 0.492 e. The number of benzene rings is 1. The SMILES string of the molecule is CC(=O)c1ccc(OCCCBr)c(S)c1. The molecule has 0 heterocycles. The number of halogens is 1. The van der Waals surface area contributed by atoms with Crippen LogP contribution in [0.5, 0.6) is 5.75 Å². The van der Waals surface area contributed by atoms with Gasteiger partial charge in [0.1, 0.15) is 5.75 Å². The molecule has 0 radical (unpaired) electrons. The molecule has 0 aliphatic heterocycles. The Labute approximate surface area is 104 Å². The van der Waals surface area contributed by atoms with Crippen LogP contribution in [0.1, 0.15) is 23.7 Å². The molecule has 0 atom stereocenters. The molecule has 1 aromatic carbocycles. The Kier molecular flexibility index (Phi) is 5.19. The van der Waals surface area contributed by atoms with Crippen molar-refractivity contribution in [1.29, 1.82) is 0 Å². The minimum absolute atomic E-state index is 0.0392. The lowest BCUT2D eigenvalue weighted by molar-refractivity contribution is 0.101. The summed E-state index contributed by atoms with van der Waals surface area (Å²) in [6.07, 6.45) is 0.946. The van der Waals surface area contributed by atoms with Crippen molar-refractivity contribution in [3.63, 3.8) is 0 Å². The lowest BCUT2D eigenvalue weighted by Crippen LogP contribution is -1.99. The average Bonchev–Trinajstić information content (AvgIpc) is 2.20. The predicted octanol–water partition coefficient (Wildman–Crippen LogP) is 3.34. The van der Waals surface area contributed by atoms with Gasteiger partial charge in [-0.2, -0.15) is 0 Å². The number of alkyl halides is 1. The number of hydrogen-bond acceptors (Lipinski definition) is 3. The van der Waals surface area contributed by atoms with Gasteiger partial charge in [-0.3, -0.25) is 4.79 Å². The summed E-state index contributed by atoms with van der Waals surface area (Å²) >= 11 is 7.60. The second kappa shape index (κ2) is 6.18. The molecule has 1 aromatic rings. The maximum Gasteiger partial charge on any atom is 0.159 e. The standard InChI is InChI=1S/C11H13BrO2S/c1-8(13)9-3-4-10(11(15)7-9)14-6-2-5-12/h3-4,7,15H,2,5-6H2,1H3. The van der Waals surface area contributed by atoms with Crippen molar-refractivity contribution in [2.24, 2.45) is 0 Å². The topological polar surface area (TPSA) is 26.3 Å². The Morgan fingerprint density at radius 1 is 1.53 bits per heavy atom. The summed E-state index contributed by atoms with van der Waals surface area (Å²) in [5.74, 6) is 0.765. The molecule has 2 nitrogen and oxygen atoms in total. The number of ketones is 1. The third kappa shape index (κ3) is 3.87. The highest BCUT2D eigenvalue weighted by Crippen LogP contribution is 2.24. The van der Waals surface area contributed by atoms with Gasteiger partial charge in [0.15, 0.2) is 5.78 Å². The minimum Gasteiger partial charge on any atom is -0.492 e. The highest BCUT2D eigenvalue weighted by Gasteiger charge is 2.04. The van der Waals surface area contributed by atoms with Crippen LogP contribution in [-0.2, 0) is 0 Å². The molecular weight excluding hydrogens is 276 g/mol. The highest BCUT2D eigenvalue weighted by atomic mass is 79.9. The summed E-state index contributed by atoms with van der Waals surface area (Å²) in [5.41, 5.74) is 0.660. The van der Waals surface area contributed by atoms with Gasteiger partial charge in [-0.25, -0.2) is 0 Å². The van der Waals surface area contributed by atoms with Crippen molar-refractivity contribution in [1.82, 2.24) is 0 Å². The predicted molar refractivity (Wildman–Crippen MR) is 67.6 cm³/mol. The summed E-state index contributed by atoms with van der Waals surface area (Å²) in [4.78, 5) is 11.8. The number of rotatable bonds is 5. The number of hydrogen-bond donors (Lipinski definition) is 1. The zero-order valence-corrected chi connectivity index (χ0v) is 11.0. The Bertz CT molecular complexity index is 352. The third-order valence-corrected chi connectivity index (χ3v) is 2.81. The van der Waals surface area contributed by atoms with E-state index >= 15 is 0 Å². The molecule has 15 heavy (non-hydrogen) atoms. The van der Waals surface area contributed by atoms with E-state index in [4.69, 9.17) is 4.74 Å². The van der Waals surface area contributed by atoms with E-state index in [1.54, 1.807) is 18.2 Å². The Morgan fingerprint density at radius 3 is 2.80 bits per heavy atom. The fraction of sp³-hybridized carbons (Fsp3) is 0.364. The molecule has 0 unspecified atom stereocenters. The molecule has 4 heteroatoms. The van der Waals surface area contributed by atoms with Crippen molar-refractivity contribution in [3.8, 4) is 5.75 Å². The van der Waals surface area contributed by atoms with E-state index in [1.807, 2.05) is 0 Å². The first-order valence-corrected chi connectivity index (χ1v) is 6.24. The first-order chi connectivity index (χ1) is 7.15. The van der Waals surface area contributed by atoms with E-state index in [2.05, 4.69) is 28.6 Å². The lowest BCUT2D eigenvalue weighted by Gasteiger charge is -2.08. The van der Waals surface area contributed by atoms with Crippen LogP contribution in [0.25, 0.3) is 0 Å². The van der Waals surface area contributed by atoms with Gasteiger partial charge < -0.3 is 4.74 Å². The smallest absolute Gasteiger partial charge is 0.159 e. The Morgan fingerprint density at radius 2 is 2.27 bits per heavy atom. The summed E-state index contributed by atoms with van der Waals surface area (Å²) in [5, 5.41) is 0.917.